The standard InChI is InChI=1S/C27H28FN3O2/c1-2-20-9-15-23(16-10-20)33-18-6-5-17-31-25-8-4-3-7-24(25)30-26(31)19-29-27(32)21-11-13-22(28)14-12-21/h3-4,7-16H,2,5-6,17-19H2,1H3,(H,29,32). The summed E-state index contributed by atoms with van der Waals surface area (Å²) in [5.41, 5.74) is 3.66. The quantitative estimate of drug-likeness (QED) is 0.327. The fourth-order valence-corrected chi connectivity index (χ4v) is 3.76. The number of carbonyl (C=O) groups excluding carboxylic acids is 1. The fraction of sp³-hybridized carbons (Fsp3) is 0.259. The average Bonchev–Trinajstić information content (AvgIpc) is 3.20. The maximum absolute atomic E-state index is 13.1. The van der Waals surface area contributed by atoms with Crippen molar-refractivity contribution >= 4 is 16.9 Å². The van der Waals surface area contributed by atoms with E-state index >= 15 is 0 Å². The van der Waals surface area contributed by atoms with Gasteiger partial charge < -0.3 is 14.6 Å². The van der Waals surface area contributed by atoms with E-state index in [1.807, 2.05) is 36.4 Å². The van der Waals surface area contributed by atoms with E-state index in [4.69, 9.17) is 9.72 Å². The molecule has 3 aromatic carbocycles. The summed E-state index contributed by atoms with van der Waals surface area (Å²) in [4.78, 5) is 17.2. The van der Waals surface area contributed by atoms with Gasteiger partial charge in [0.1, 0.15) is 17.4 Å². The number of unbranched alkanes of at least 4 members (excludes halogenated alkanes) is 1. The van der Waals surface area contributed by atoms with Crippen LogP contribution in [0.1, 0.15) is 41.5 Å². The number of nitrogens with one attached hydrogen (secondary N) is 1. The largest absolute Gasteiger partial charge is 0.494 e. The van der Waals surface area contributed by atoms with E-state index in [1.54, 1.807) is 0 Å². The maximum atomic E-state index is 13.1. The lowest BCUT2D eigenvalue weighted by molar-refractivity contribution is 0.0949. The van der Waals surface area contributed by atoms with Crippen LogP contribution in [-0.2, 0) is 19.5 Å². The Bertz CT molecular complexity index is 1200. The number of rotatable bonds is 10. The van der Waals surface area contributed by atoms with E-state index in [2.05, 4.69) is 28.9 Å². The minimum absolute atomic E-state index is 0.254. The Morgan fingerprint density at radius 3 is 2.52 bits per heavy atom. The molecule has 5 nitrogen and oxygen atoms in total. The molecular formula is C27H28FN3O2. The minimum Gasteiger partial charge on any atom is -0.494 e. The maximum Gasteiger partial charge on any atom is 0.251 e. The number of amides is 1. The number of benzene rings is 3. The van der Waals surface area contributed by atoms with Gasteiger partial charge in [-0.25, -0.2) is 9.37 Å². The summed E-state index contributed by atoms with van der Waals surface area (Å²) in [6.45, 7) is 3.86. The number of carbonyl (C=O) groups is 1. The van der Waals surface area contributed by atoms with Crippen molar-refractivity contribution in [2.75, 3.05) is 6.61 Å². The molecule has 4 rings (SSSR count). The smallest absolute Gasteiger partial charge is 0.251 e. The Labute approximate surface area is 193 Å². The van der Waals surface area contributed by atoms with Gasteiger partial charge in [-0.1, -0.05) is 31.2 Å². The van der Waals surface area contributed by atoms with Gasteiger partial charge in [0.25, 0.3) is 5.91 Å². The number of nitrogens with zero attached hydrogens (tertiary/aromatic N) is 2. The van der Waals surface area contributed by atoms with Gasteiger partial charge in [0.15, 0.2) is 0 Å². The fourth-order valence-electron chi connectivity index (χ4n) is 3.76. The molecular weight excluding hydrogens is 417 g/mol. The van der Waals surface area contributed by atoms with Gasteiger partial charge in [0.2, 0.25) is 0 Å². The lowest BCUT2D eigenvalue weighted by Crippen LogP contribution is -2.24. The van der Waals surface area contributed by atoms with Gasteiger partial charge >= 0.3 is 0 Å². The van der Waals surface area contributed by atoms with E-state index in [1.165, 1.54) is 29.8 Å². The number of ether oxygens (including phenoxy) is 1. The van der Waals surface area contributed by atoms with Gasteiger partial charge in [-0.05, 0) is 73.4 Å². The average molecular weight is 446 g/mol. The molecule has 1 aromatic heterocycles. The van der Waals surface area contributed by atoms with Crippen molar-refractivity contribution in [1.29, 1.82) is 0 Å². The summed E-state index contributed by atoms with van der Waals surface area (Å²) >= 11 is 0. The van der Waals surface area contributed by atoms with Crippen LogP contribution in [-0.4, -0.2) is 22.1 Å². The van der Waals surface area contributed by atoms with Gasteiger partial charge in [-0.15, -0.1) is 0 Å². The van der Waals surface area contributed by atoms with Gasteiger partial charge in [0, 0.05) is 12.1 Å². The zero-order valence-corrected chi connectivity index (χ0v) is 18.8. The van der Waals surface area contributed by atoms with Crippen LogP contribution in [0.3, 0.4) is 0 Å². The molecule has 0 aliphatic rings. The van der Waals surface area contributed by atoms with Gasteiger partial charge in [0.05, 0.1) is 24.2 Å². The molecule has 6 heteroatoms. The summed E-state index contributed by atoms with van der Waals surface area (Å²) in [7, 11) is 0. The molecule has 1 amide bonds. The second kappa shape index (κ2) is 10.8. The summed E-state index contributed by atoms with van der Waals surface area (Å²) < 4.78 is 21.1. The van der Waals surface area contributed by atoms with Crippen LogP contribution >= 0.6 is 0 Å². The number of aromatic nitrogens is 2. The van der Waals surface area contributed by atoms with Crippen molar-refractivity contribution in [2.45, 2.75) is 39.3 Å². The highest BCUT2D eigenvalue weighted by Crippen LogP contribution is 2.18. The van der Waals surface area contributed by atoms with E-state index in [0.717, 1.165) is 48.4 Å². The number of fused-ring (bicyclic) bond motifs is 1. The van der Waals surface area contributed by atoms with Crippen LogP contribution in [0.5, 0.6) is 5.75 Å². The van der Waals surface area contributed by atoms with E-state index in [9.17, 15) is 9.18 Å². The third-order valence-corrected chi connectivity index (χ3v) is 5.62. The molecule has 0 saturated heterocycles. The first-order chi connectivity index (χ1) is 16.1. The SMILES string of the molecule is CCc1ccc(OCCCCn2c(CNC(=O)c3ccc(F)cc3)nc3ccccc32)cc1. The molecule has 0 atom stereocenters. The molecule has 0 radical (unpaired) electrons. The normalized spacial score (nSPS) is 11.0. The van der Waals surface area contributed by atoms with Crippen molar-refractivity contribution in [2.24, 2.45) is 0 Å². The van der Waals surface area contributed by atoms with Crippen LogP contribution in [0.4, 0.5) is 4.39 Å². The van der Waals surface area contributed by atoms with Crippen molar-refractivity contribution < 1.29 is 13.9 Å². The number of halogens is 1. The lowest BCUT2D eigenvalue weighted by atomic mass is 10.2. The third kappa shape index (κ3) is 5.77. The molecule has 0 unspecified atom stereocenters. The Morgan fingerprint density at radius 2 is 1.76 bits per heavy atom. The number of aryl methyl sites for hydroxylation is 2. The summed E-state index contributed by atoms with van der Waals surface area (Å²) in [5.74, 6) is 1.07. The molecule has 4 aromatic rings. The highest BCUT2D eigenvalue weighted by molar-refractivity contribution is 5.94. The van der Waals surface area contributed by atoms with Crippen molar-refractivity contribution in [3.05, 3.63) is 95.6 Å². The summed E-state index contributed by atoms with van der Waals surface area (Å²) in [5, 5.41) is 2.90. The molecule has 1 N–H and O–H groups in total. The molecule has 0 spiro atoms. The first-order valence-corrected chi connectivity index (χ1v) is 11.3. The monoisotopic (exact) mass is 445 g/mol. The third-order valence-electron chi connectivity index (χ3n) is 5.62. The Morgan fingerprint density at radius 1 is 1.00 bits per heavy atom. The predicted octanol–water partition coefficient (Wildman–Crippen LogP) is 5.53. The molecule has 0 bridgehead atoms. The van der Waals surface area contributed by atoms with E-state index < -0.39 is 0 Å². The molecule has 0 saturated carbocycles. The second-order valence-electron chi connectivity index (χ2n) is 7.91. The van der Waals surface area contributed by atoms with Crippen molar-refractivity contribution in [3.8, 4) is 5.75 Å². The number of hydrogen-bond acceptors (Lipinski definition) is 3. The van der Waals surface area contributed by atoms with Crippen molar-refractivity contribution in [3.63, 3.8) is 0 Å². The van der Waals surface area contributed by atoms with Crippen LogP contribution in [0.25, 0.3) is 11.0 Å². The Balaban J connectivity index is 1.35. The number of hydrogen-bond donors (Lipinski definition) is 1. The number of para-hydroxylation sites is 2. The zero-order valence-electron chi connectivity index (χ0n) is 18.8. The predicted molar refractivity (Wildman–Crippen MR) is 128 cm³/mol. The summed E-state index contributed by atoms with van der Waals surface area (Å²) in [6.07, 6.45) is 2.85. The van der Waals surface area contributed by atoms with E-state index in [-0.39, 0.29) is 11.7 Å². The topological polar surface area (TPSA) is 56.1 Å². The van der Waals surface area contributed by atoms with Gasteiger partial charge in [-0.3, -0.25) is 4.79 Å². The molecule has 0 fully saturated rings. The van der Waals surface area contributed by atoms with Crippen LogP contribution in [0, 0.1) is 5.82 Å². The molecule has 170 valence electrons. The highest BCUT2D eigenvalue weighted by atomic mass is 19.1. The van der Waals surface area contributed by atoms with E-state index in [0.29, 0.717) is 18.7 Å². The molecule has 0 aliphatic carbocycles. The zero-order chi connectivity index (χ0) is 23.0. The highest BCUT2D eigenvalue weighted by Gasteiger charge is 2.12. The lowest BCUT2D eigenvalue weighted by Gasteiger charge is -2.11. The first-order valence-electron chi connectivity index (χ1n) is 11.3. The second-order valence-corrected chi connectivity index (χ2v) is 7.91. The summed E-state index contributed by atoms with van der Waals surface area (Å²) in [6, 6.07) is 21.7. The minimum atomic E-state index is -0.365. The first kappa shape index (κ1) is 22.5. The van der Waals surface area contributed by atoms with Gasteiger partial charge in [-0.2, -0.15) is 0 Å². The van der Waals surface area contributed by atoms with Crippen molar-refractivity contribution in [1.82, 2.24) is 14.9 Å². The molecule has 0 aliphatic heterocycles. The molecule has 33 heavy (non-hydrogen) atoms. The Kier molecular flexibility index (Phi) is 7.35. The van der Waals surface area contributed by atoms with Crippen LogP contribution in [0.2, 0.25) is 0 Å². The van der Waals surface area contributed by atoms with Crippen LogP contribution in [0.15, 0.2) is 72.8 Å². The number of imidazole rings is 1. The van der Waals surface area contributed by atoms with Crippen LogP contribution < -0.4 is 10.1 Å². The Hall–Kier alpha value is -3.67. The molecule has 1 heterocycles.